The van der Waals surface area contributed by atoms with Crippen molar-refractivity contribution < 1.29 is 19.1 Å². The van der Waals surface area contributed by atoms with Crippen LogP contribution in [-0.4, -0.2) is 31.3 Å². The highest BCUT2D eigenvalue weighted by Crippen LogP contribution is 1.99. The van der Waals surface area contributed by atoms with E-state index in [0.29, 0.717) is 6.61 Å². The average Bonchev–Trinajstić information content (AvgIpc) is 2.36. The number of rotatable bonds is 2. The fourth-order valence-corrected chi connectivity index (χ4v) is 0.754. The zero-order valence-electron chi connectivity index (χ0n) is 6.12. The Bertz CT molecular complexity index is 179. The smallest absolute Gasteiger partial charge is 0.408 e. The van der Waals surface area contributed by atoms with Gasteiger partial charge in [0, 0.05) is 0 Å². The molecule has 1 amide bonds. The third-order valence-electron chi connectivity index (χ3n) is 1.24. The molecule has 0 bridgehead atoms. The Balaban J connectivity index is 2.37. The number of cyclic esters (lactones) is 1. The van der Waals surface area contributed by atoms with Crippen molar-refractivity contribution in [1.82, 2.24) is 5.32 Å². The minimum atomic E-state index is -0.623. The Labute approximate surface area is 63.7 Å². The van der Waals surface area contributed by atoms with Gasteiger partial charge in [-0.1, -0.05) is 0 Å². The summed E-state index contributed by atoms with van der Waals surface area (Å²) in [4.78, 5) is 21.3. The SMILES string of the molecule is CCOC(=O)[C@@H]1COC(=O)N1. The summed E-state index contributed by atoms with van der Waals surface area (Å²) in [6.45, 7) is 2.08. The maximum Gasteiger partial charge on any atom is 0.408 e. The zero-order valence-corrected chi connectivity index (χ0v) is 6.12. The molecular formula is C6H9NO4. The summed E-state index contributed by atoms with van der Waals surface area (Å²) in [5.74, 6) is -0.446. The van der Waals surface area contributed by atoms with Gasteiger partial charge in [-0.25, -0.2) is 9.59 Å². The lowest BCUT2D eigenvalue weighted by atomic mass is 10.3. The number of carbonyl (C=O) groups is 2. The molecule has 1 aliphatic rings. The van der Waals surface area contributed by atoms with E-state index in [1.165, 1.54) is 0 Å². The van der Waals surface area contributed by atoms with Crippen LogP contribution in [0.1, 0.15) is 6.92 Å². The number of alkyl carbamates (subject to hydrolysis) is 1. The molecule has 1 N–H and O–H groups in total. The second kappa shape index (κ2) is 3.23. The van der Waals surface area contributed by atoms with Crippen molar-refractivity contribution in [2.24, 2.45) is 0 Å². The van der Waals surface area contributed by atoms with Crippen LogP contribution in [0, 0.1) is 0 Å². The lowest BCUT2D eigenvalue weighted by molar-refractivity contribution is -0.145. The van der Waals surface area contributed by atoms with Gasteiger partial charge in [0.2, 0.25) is 0 Å². The van der Waals surface area contributed by atoms with Crippen molar-refractivity contribution in [2.75, 3.05) is 13.2 Å². The first-order valence-corrected chi connectivity index (χ1v) is 3.34. The van der Waals surface area contributed by atoms with Crippen LogP contribution in [-0.2, 0) is 14.3 Å². The van der Waals surface area contributed by atoms with Gasteiger partial charge in [-0.3, -0.25) is 0 Å². The summed E-state index contributed by atoms with van der Waals surface area (Å²) in [7, 11) is 0. The lowest BCUT2D eigenvalue weighted by Crippen LogP contribution is -2.35. The Morgan fingerprint density at radius 3 is 3.09 bits per heavy atom. The molecule has 62 valence electrons. The molecule has 5 heteroatoms. The summed E-state index contributed by atoms with van der Waals surface area (Å²) in [6, 6.07) is -0.623. The molecule has 1 aliphatic heterocycles. The van der Waals surface area contributed by atoms with Gasteiger partial charge in [-0.15, -0.1) is 0 Å². The number of carbonyl (C=O) groups excluding carboxylic acids is 2. The van der Waals surface area contributed by atoms with E-state index in [-0.39, 0.29) is 6.61 Å². The largest absolute Gasteiger partial charge is 0.464 e. The highest BCUT2D eigenvalue weighted by atomic mass is 16.6. The first-order valence-electron chi connectivity index (χ1n) is 3.34. The Kier molecular flexibility index (Phi) is 2.30. The second-order valence-corrected chi connectivity index (χ2v) is 2.05. The average molecular weight is 159 g/mol. The van der Waals surface area contributed by atoms with Gasteiger partial charge in [-0.2, -0.15) is 0 Å². The van der Waals surface area contributed by atoms with E-state index in [2.05, 4.69) is 14.8 Å². The van der Waals surface area contributed by atoms with E-state index in [9.17, 15) is 9.59 Å². The normalized spacial score (nSPS) is 22.3. The Hall–Kier alpha value is -1.26. The molecule has 11 heavy (non-hydrogen) atoms. The van der Waals surface area contributed by atoms with Crippen LogP contribution in [0.2, 0.25) is 0 Å². The van der Waals surface area contributed by atoms with Crippen LogP contribution < -0.4 is 5.32 Å². The molecule has 1 saturated heterocycles. The molecule has 0 unspecified atom stereocenters. The Morgan fingerprint density at radius 1 is 1.91 bits per heavy atom. The predicted octanol–water partition coefficient (Wildman–Crippen LogP) is -0.342. The molecule has 5 nitrogen and oxygen atoms in total. The highest BCUT2D eigenvalue weighted by molar-refractivity contribution is 5.83. The van der Waals surface area contributed by atoms with Gasteiger partial charge >= 0.3 is 12.1 Å². The summed E-state index contributed by atoms with van der Waals surface area (Å²) in [5, 5.41) is 2.30. The number of nitrogens with one attached hydrogen (secondary N) is 1. The number of ether oxygens (including phenoxy) is 2. The van der Waals surface area contributed by atoms with Gasteiger partial charge < -0.3 is 14.8 Å². The van der Waals surface area contributed by atoms with Crippen molar-refractivity contribution >= 4 is 12.1 Å². The van der Waals surface area contributed by atoms with E-state index >= 15 is 0 Å². The van der Waals surface area contributed by atoms with Crippen molar-refractivity contribution in [3.63, 3.8) is 0 Å². The molecule has 0 saturated carbocycles. The van der Waals surface area contributed by atoms with Crippen LogP contribution in [0.4, 0.5) is 4.79 Å². The topological polar surface area (TPSA) is 64.6 Å². The van der Waals surface area contributed by atoms with Crippen molar-refractivity contribution in [3.8, 4) is 0 Å². The van der Waals surface area contributed by atoms with Gasteiger partial charge in [-0.05, 0) is 6.92 Å². The summed E-state index contributed by atoms with van der Waals surface area (Å²) in [6.07, 6.45) is -0.567. The number of hydrogen-bond donors (Lipinski definition) is 1. The van der Waals surface area contributed by atoms with E-state index in [0.717, 1.165) is 0 Å². The third-order valence-corrected chi connectivity index (χ3v) is 1.24. The summed E-state index contributed by atoms with van der Waals surface area (Å²) < 4.78 is 9.12. The number of amides is 1. The minimum Gasteiger partial charge on any atom is -0.464 e. The number of esters is 1. The molecule has 1 heterocycles. The van der Waals surface area contributed by atoms with E-state index in [4.69, 9.17) is 0 Å². The molecule has 1 atom stereocenters. The molecule has 1 rings (SSSR count). The molecule has 0 radical (unpaired) electrons. The molecule has 0 aliphatic carbocycles. The number of hydrogen-bond acceptors (Lipinski definition) is 4. The predicted molar refractivity (Wildman–Crippen MR) is 34.9 cm³/mol. The van der Waals surface area contributed by atoms with Gasteiger partial charge in [0.1, 0.15) is 6.61 Å². The molecule has 0 aromatic carbocycles. The van der Waals surface area contributed by atoms with Crippen LogP contribution in [0.3, 0.4) is 0 Å². The van der Waals surface area contributed by atoms with Crippen molar-refractivity contribution in [2.45, 2.75) is 13.0 Å². The maximum absolute atomic E-state index is 10.9. The highest BCUT2D eigenvalue weighted by Gasteiger charge is 2.29. The summed E-state index contributed by atoms with van der Waals surface area (Å²) >= 11 is 0. The minimum absolute atomic E-state index is 0.0671. The fraction of sp³-hybridized carbons (Fsp3) is 0.667. The zero-order chi connectivity index (χ0) is 8.27. The third kappa shape index (κ3) is 1.83. The monoisotopic (exact) mass is 159 g/mol. The quantitative estimate of drug-likeness (QED) is 0.560. The van der Waals surface area contributed by atoms with Gasteiger partial charge in [0.15, 0.2) is 6.04 Å². The molecule has 0 spiro atoms. The Morgan fingerprint density at radius 2 is 2.64 bits per heavy atom. The lowest BCUT2D eigenvalue weighted by Gasteiger charge is -2.04. The molecule has 1 fully saturated rings. The summed E-state index contributed by atoms with van der Waals surface area (Å²) in [5.41, 5.74) is 0. The second-order valence-electron chi connectivity index (χ2n) is 2.05. The maximum atomic E-state index is 10.9. The van der Waals surface area contributed by atoms with Gasteiger partial charge in [0.25, 0.3) is 0 Å². The van der Waals surface area contributed by atoms with Crippen LogP contribution in [0.5, 0.6) is 0 Å². The van der Waals surface area contributed by atoms with Crippen LogP contribution in [0.15, 0.2) is 0 Å². The van der Waals surface area contributed by atoms with Crippen molar-refractivity contribution in [1.29, 1.82) is 0 Å². The van der Waals surface area contributed by atoms with Crippen LogP contribution in [0.25, 0.3) is 0 Å². The van der Waals surface area contributed by atoms with Crippen LogP contribution >= 0.6 is 0 Å². The molecular weight excluding hydrogens is 150 g/mol. The standard InChI is InChI=1S/C6H9NO4/c1-2-10-5(8)4-3-11-6(9)7-4/h4H,2-3H2,1H3,(H,7,9)/t4-/m0/s1. The van der Waals surface area contributed by atoms with Crippen molar-refractivity contribution in [3.05, 3.63) is 0 Å². The molecule has 0 aromatic heterocycles. The van der Waals surface area contributed by atoms with E-state index in [1.807, 2.05) is 0 Å². The first-order chi connectivity index (χ1) is 5.24. The van der Waals surface area contributed by atoms with E-state index in [1.54, 1.807) is 6.92 Å². The van der Waals surface area contributed by atoms with E-state index < -0.39 is 18.1 Å². The molecule has 0 aromatic rings. The first kappa shape index (κ1) is 7.84. The van der Waals surface area contributed by atoms with Gasteiger partial charge in [0.05, 0.1) is 6.61 Å². The fourth-order valence-electron chi connectivity index (χ4n) is 0.754.